The number of hydrogen-bond acceptors (Lipinski definition) is 6. The maximum absolute atomic E-state index is 13.7. The summed E-state index contributed by atoms with van der Waals surface area (Å²) in [5.74, 6) is -0.295. The van der Waals surface area contributed by atoms with Crippen LogP contribution in [-0.4, -0.2) is 50.4 Å². The lowest BCUT2D eigenvalue weighted by Crippen LogP contribution is -2.36. The van der Waals surface area contributed by atoms with Crippen molar-refractivity contribution in [3.63, 3.8) is 0 Å². The van der Waals surface area contributed by atoms with Gasteiger partial charge in [-0.15, -0.1) is 11.3 Å². The molecule has 1 aliphatic heterocycles. The molecule has 1 aliphatic rings. The van der Waals surface area contributed by atoms with Crippen LogP contribution in [0.1, 0.15) is 35.9 Å². The highest BCUT2D eigenvalue weighted by atomic mass is 32.2. The molecule has 0 amide bonds. The first kappa shape index (κ1) is 25.8. The Hall–Kier alpha value is -3.41. The van der Waals surface area contributed by atoms with Crippen LogP contribution in [0.25, 0.3) is 16.6 Å². The van der Waals surface area contributed by atoms with Crippen molar-refractivity contribution in [2.24, 2.45) is 0 Å². The summed E-state index contributed by atoms with van der Waals surface area (Å²) in [6, 6.07) is 10.5. The second-order valence-electron chi connectivity index (χ2n) is 10.2. The molecule has 1 unspecified atom stereocenters. The van der Waals surface area contributed by atoms with E-state index >= 15 is 0 Å². The highest BCUT2D eigenvalue weighted by Crippen LogP contribution is 2.43. The SMILES string of the molecule is CCCn1cc(S(=O)(=O)N2CCC(Cc3nccs3)(c3cc4cnn(-c5ccc(F)cc5)c4cc3C)C2)cn1. The molecule has 1 saturated heterocycles. The van der Waals surface area contributed by atoms with E-state index in [2.05, 4.69) is 34.2 Å². The Morgan fingerprint density at radius 3 is 2.69 bits per heavy atom. The van der Waals surface area contributed by atoms with Gasteiger partial charge in [0, 0.05) is 54.6 Å². The van der Waals surface area contributed by atoms with Gasteiger partial charge >= 0.3 is 0 Å². The molecule has 5 aromatic rings. The molecular formula is C28H29FN6O2S2. The fourth-order valence-corrected chi connectivity index (χ4v) is 7.89. The van der Waals surface area contributed by atoms with Gasteiger partial charge in [-0.2, -0.15) is 14.5 Å². The summed E-state index contributed by atoms with van der Waals surface area (Å²) in [5.41, 5.74) is 3.40. The van der Waals surface area contributed by atoms with Crippen molar-refractivity contribution >= 4 is 32.3 Å². The predicted molar refractivity (Wildman–Crippen MR) is 149 cm³/mol. The summed E-state index contributed by atoms with van der Waals surface area (Å²) in [7, 11) is -3.70. The van der Waals surface area contributed by atoms with Gasteiger partial charge in [-0.05, 0) is 67.3 Å². The number of nitrogens with zero attached hydrogens (tertiary/aromatic N) is 6. The quantitative estimate of drug-likeness (QED) is 0.261. The minimum absolute atomic E-state index is 0.230. The van der Waals surface area contributed by atoms with Gasteiger partial charge in [-0.25, -0.2) is 22.5 Å². The van der Waals surface area contributed by atoms with Gasteiger partial charge in [0.05, 0.1) is 28.6 Å². The summed E-state index contributed by atoms with van der Waals surface area (Å²) in [5, 5.41) is 12.7. The molecule has 3 aromatic heterocycles. The van der Waals surface area contributed by atoms with E-state index in [1.165, 1.54) is 18.3 Å². The smallest absolute Gasteiger partial charge is 0.246 e. The minimum Gasteiger partial charge on any atom is -0.271 e. The molecule has 8 nitrogen and oxygen atoms in total. The van der Waals surface area contributed by atoms with Crippen LogP contribution in [0.5, 0.6) is 0 Å². The maximum Gasteiger partial charge on any atom is 0.246 e. The largest absolute Gasteiger partial charge is 0.271 e. The monoisotopic (exact) mass is 564 g/mol. The van der Waals surface area contributed by atoms with Crippen LogP contribution in [0.4, 0.5) is 4.39 Å². The molecule has 0 radical (unpaired) electrons. The van der Waals surface area contributed by atoms with E-state index in [0.717, 1.165) is 39.1 Å². The van der Waals surface area contributed by atoms with Crippen molar-refractivity contribution in [3.8, 4) is 5.69 Å². The molecule has 11 heteroatoms. The van der Waals surface area contributed by atoms with Crippen molar-refractivity contribution in [1.29, 1.82) is 0 Å². The molecular weight excluding hydrogens is 535 g/mol. The van der Waals surface area contributed by atoms with E-state index in [9.17, 15) is 12.8 Å². The predicted octanol–water partition coefficient (Wildman–Crippen LogP) is 5.11. The van der Waals surface area contributed by atoms with Gasteiger partial charge in [-0.1, -0.05) is 6.92 Å². The number of sulfonamides is 1. The van der Waals surface area contributed by atoms with Crippen molar-refractivity contribution in [2.75, 3.05) is 13.1 Å². The van der Waals surface area contributed by atoms with Gasteiger partial charge in [0.2, 0.25) is 10.0 Å². The molecule has 202 valence electrons. The van der Waals surface area contributed by atoms with E-state index in [1.54, 1.807) is 49.5 Å². The van der Waals surface area contributed by atoms with Crippen LogP contribution in [0.15, 0.2) is 71.5 Å². The fraction of sp³-hybridized carbons (Fsp3) is 0.321. The van der Waals surface area contributed by atoms with Crippen LogP contribution in [0, 0.1) is 12.7 Å². The molecule has 1 atom stereocenters. The van der Waals surface area contributed by atoms with Gasteiger partial charge in [0.15, 0.2) is 0 Å². The van der Waals surface area contributed by atoms with E-state index in [4.69, 9.17) is 0 Å². The molecule has 0 spiro atoms. The van der Waals surface area contributed by atoms with Gasteiger partial charge in [-0.3, -0.25) is 4.68 Å². The second kappa shape index (κ2) is 9.96. The summed E-state index contributed by atoms with van der Waals surface area (Å²) in [6.45, 7) is 5.54. The van der Waals surface area contributed by atoms with Crippen molar-refractivity contribution < 1.29 is 12.8 Å². The lowest BCUT2D eigenvalue weighted by Gasteiger charge is -2.31. The molecule has 4 heterocycles. The molecule has 0 saturated carbocycles. The summed E-state index contributed by atoms with van der Waals surface area (Å²) in [6.07, 6.45) is 8.87. The lowest BCUT2D eigenvalue weighted by atomic mass is 9.75. The summed E-state index contributed by atoms with van der Waals surface area (Å²) >= 11 is 1.59. The molecule has 0 aliphatic carbocycles. The van der Waals surface area contributed by atoms with Crippen LogP contribution in [0.3, 0.4) is 0 Å². The van der Waals surface area contributed by atoms with Crippen molar-refractivity contribution in [3.05, 3.63) is 88.5 Å². The van der Waals surface area contributed by atoms with E-state index in [1.807, 2.05) is 18.5 Å². The van der Waals surface area contributed by atoms with Crippen molar-refractivity contribution in [2.45, 2.75) is 50.0 Å². The maximum atomic E-state index is 13.7. The Labute approximate surface area is 230 Å². The number of benzene rings is 2. The number of hydrogen-bond donors (Lipinski definition) is 0. The molecule has 2 aromatic carbocycles. The van der Waals surface area contributed by atoms with Gasteiger partial charge in [0.25, 0.3) is 0 Å². The average molecular weight is 565 g/mol. The average Bonchev–Trinajstić information content (AvgIpc) is 3.72. The highest BCUT2D eigenvalue weighted by Gasteiger charge is 2.46. The number of rotatable bonds is 8. The first-order chi connectivity index (χ1) is 18.8. The number of aryl methyl sites for hydroxylation is 2. The Morgan fingerprint density at radius 1 is 1.13 bits per heavy atom. The van der Waals surface area contributed by atoms with Crippen LogP contribution in [-0.2, 0) is 28.4 Å². The minimum atomic E-state index is -3.70. The van der Waals surface area contributed by atoms with E-state index < -0.39 is 15.4 Å². The topological polar surface area (TPSA) is 85.9 Å². The third kappa shape index (κ3) is 4.68. The number of aromatic nitrogens is 5. The molecule has 0 N–H and O–H groups in total. The fourth-order valence-electron chi connectivity index (χ4n) is 5.64. The van der Waals surface area contributed by atoms with E-state index in [-0.39, 0.29) is 10.7 Å². The first-order valence-electron chi connectivity index (χ1n) is 12.9. The Bertz CT molecular complexity index is 1730. The standard InChI is InChI=1S/C28H29FN6O2S2/c1-3-10-33-18-24(17-31-33)39(36,37)34-11-8-28(19-34,15-27-30-9-12-38-27)25-14-21-16-32-35(26(21)13-20(25)2)23-6-4-22(29)5-7-23/h4-7,9,12-14,16-18H,3,8,10-11,15,19H2,1-2H3. The number of thiazole rings is 1. The van der Waals surface area contributed by atoms with E-state index in [0.29, 0.717) is 32.5 Å². The summed E-state index contributed by atoms with van der Waals surface area (Å²) in [4.78, 5) is 4.78. The van der Waals surface area contributed by atoms with Crippen LogP contribution < -0.4 is 0 Å². The zero-order valence-electron chi connectivity index (χ0n) is 21.8. The van der Waals surface area contributed by atoms with Gasteiger partial charge in [0.1, 0.15) is 10.7 Å². The third-order valence-electron chi connectivity index (χ3n) is 7.55. The second-order valence-corrected chi connectivity index (χ2v) is 13.1. The van der Waals surface area contributed by atoms with Crippen LogP contribution in [0.2, 0.25) is 0 Å². The van der Waals surface area contributed by atoms with Crippen LogP contribution >= 0.6 is 11.3 Å². The number of fused-ring (bicyclic) bond motifs is 1. The molecule has 6 rings (SSSR count). The Morgan fingerprint density at radius 2 is 1.95 bits per heavy atom. The molecule has 1 fully saturated rings. The molecule has 39 heavy (non-hydrogen) atoms. The van der Waals surface area contributed by atoms with Gasteiger partial charge < -0.3 is 0 Å². The number of halogens is 1. The zero-order valence-corrected chi connectivity index (χ0v) is 23.4. The Kier molecular flexibility index (Phi) is 6.60. The normalized spacial score (nSPS) is 18.3. The lowest BCUT2D eigenvalue weighted by molar-refractivity contribution is 0.413. The highest BCUT2D eigenvalue weighted by molar-refractivity contribution is 7.89. The zero-order chi connectivity index (χ0) is 27.2. The summed E-state index contributed by atoms with van der Waals surface area (Å²) < 4.78 is 45.9. The first-order valence-corrected chi connectivity index (χ1v) is 15.3. The Balaban J connectivity index is 1.40. The molecule has 0 bridgehead atoms. The van der Waals surface area contributed by atoms with Crippen molar-refractivity contribution in [1.82, 2.24) is 28.9 Å². The third-order valence-corrected chi connectivity index (χ3v) is 10.1.